The molecule has 6 heteroatoms. The summed E-state index contributed by atoms with van der Waals surface area (Å²) in [5.41, 5.74) is 2.08. The molecule has 1 aliphatic heterocycles. The van der Waals surface area contributed by atoms with Gasteiger partial charge in [0, 0.05) is 18.3 Å². The maximum Gasteiger partial charge on any atom is 0.173 e. The lowest BCUT2D eigenvalue weighted by molar-refractivity contribution is 0.355. The molecule has 1 fully saturated rings. The van der Waals surface area contributed by atoms with Crippen molar-refractivity contribution in [2.24, 2.45) is 0 Å². The number of aryl methyl sites for hydroxylation is 1. The Morgan fingerprint density at radius 1 is 1.45 bits per heavy atom. The monoisotopic (exact) mass is 312 g/mol. The first kappa shape index (κ1) is 15.3. The van der Waals surface area contributed by atoms with Crippen LogP contribution >= 0.6 is 12.2 Å². The molecule has 0 amide bonds. The molecule has 1 atom stereocenters. The van der Waals surface area contributed by atoms with Gasteiger partial charge in [-0.25, -0.2) is 8.42 Å². The number of anilines is 1. The average molecular weight is 312 g/mol. The third kappa shape index (κ3) is 3.49. The van der Waals surface area contributed by atoms with E-state index in [-0.39, 0.29) is 17.5 Å². The Bertz CT molecular complexity index is 599. The summed E-state index contributed by atoms with van der Waals surface area (Å²) in [5, 5.41) is 3.83. The summed E-state index contributed by atoms with van der Waals surface area (Å²) in [6.07, 6.45) is 0.658. The highest BCUT2D eigenvalue weighted by molar-refractivity contribution is 7.91. The summed E-state index contributed by atoms with van der Waals surface area (Å²) in [4.78, 5) is 1.98. The molecule has 2 rings (SSSR count). The van der Waals surface area contributed by atoms with Gasteiger partial charge in [0.2, 0.25) is 0 Å². The van der Waals surface area contributed by atoms with Crippen LogP contribution in [0.1, 0.15) is 18.9 Å². The summed E-state index contributed by atoms with van der Waals surface area (Å²) < 4.78 is 23.2. The standard InChI is InChI=1S/C14H20N2O2S2/c1-3-16(12-8-9-20(17,18)10-12)14(19)15-13-7-5-4-6-11(13)2/h4-7,12H,3,8-10H2,1-2H3,(H,15,19)/t12-/m1/s1. The van der Waals surface area contributed by atoms with Crippen molar-refractivity contribution in [3.63, 3.8) is 0 Å². The van der Waals surface area contributed by atoms with E-state index in [1.165, 1.54) is 0 Å². The molecule has 0 radical (unpaired) electrons. The van der Waals surface area contributed by atoms with E-state index in [0.29, 0.717) is 18.1 Å². The molecule has 1 aliphatic rings. The highest BCUT2D eigenvalue weighted by Gasteiger charge is 2.32. The van der Waals surface area contributed by atoms with Gasteiger partial charge in [-0.05, 0) is 44.1 Å². The number of hydrogen-bond donors (Lipinski definition) is 1. The summed E-state index contributed by atoms with van der Waals surface area (Å²) in [7, 11) is -2.89. The zero-order valence-corrected chi connectivity index (χ0v) is 13.4. The molecule has 0 aromatic heterocycles. The van der Waals surface area contributed by atoms with Crippen LogP contribution in [0.4, 0.5) is 5.69 Å². The Kier molecular flexibility index (Phi) is 4.65. The van der Waals surface area contributed by atoms with Crippen LogP contribution in [0.5, 0.6) is 0 Å². The van der Waals surface area contributed by atoms with Gasteiger partial charge in [-0.2, -0.15) is 0 Å². The van der Waals surface area contributed by atoms with Gasteiger partial charge in [-0.1, -0.05) is 18.2 Å². The van der Waals surface area contributed by atoms with Crippen LogP contribution < -0.4 is 5.32 Å². The lowest BCUT2D eigenvalue weighted by atomic mass is 10.2. The van der Waals surface area contributed by atoms with Crippen LogP contribution in [0.15, 0.2) is 24.3 Å². The predicted octanol–water partition coefficient (Wildman–Crippen LogP) is 2.20. The number of sulfone groups is 1. The Morgan fingerprint density at radius 2 is 2.15 bits per heavy atom. The fourth-order valence-corrected chi connectivity index (χ4v) is 4.61. The second kappa shape index (κ2) is 6.10. The van der Waals surface area contributed by atoms with E-state index in [1.54, 1.807) is 0 Å². The summed E-state index contributed by atoms with van der Waals surface area (Å²) in [6, 6.07) is 7.91. The van der Waals surface area contributed by atoms with E-state index in [4.69, 9.17) is 12.2 Å². The molecule has 110 valence electrons. The van der Waals surface area contributed by atoms with Gasteiger partial charge >= 0.3 is 0 Å². The third-order valence-corrected chi connectivity index (χ3v) is 5.72. The van der Waals surface area contributed by atoms with Crippen LogP contribution in [-0.4, -0.2) is 42.5 Å². The molecule has 4 nitrogen and oxygen atoms in total. The van der Waals surface area contributed by atoms with E-state index >= 15 is 0 Å². The normalized spacial score (nSPS) is 20.6. The average Bonchev–Trinajstić information content (AvgIpc) is 2.73. The first-order chi connectivity index (χ1) is 9.43. The molecule has 0 saturated carbocycles. The zero-order chi connectivity index (χ0) is 14.8. The van der Waals surface area contributed by atoms with Crippen LogP contribution in [0.3, 0.4) is 0 Å². The van der Waals surface area contributed by atoms with Gasteiger partial charge in [0.25, 0.3) is 0 Å². The molecule has 0 unspecified atom stereocenters. The highest BCUT2D eigenvalue weighted by Crippen LogP contribution is 2.20. The van der Waals surface area contributed by atoms with E-state index < -0.39 is 9.84 Å². The number of benzene rings is 1. The summed E-state index contributed by atoms with van der Waals surface area (Å²) >= 11 is 5.45. The molecular weight excluding hydrogens is 292 g/mol. The smallest absolute Gasteiger partial charge is 0.173 e. The minimum absolute atomic E-state index is 0.00554. The zero-order valence-electron chi connectivity index (χ0n) is 11.8. The molecule has 1 aromatic rings. The molecule has 1 aromatic carbocycles. The van der Waals surface area contributed by atoms with Crippen LogP contribution in [0.25, 0.3) is 0 Å². The first-order valence-corrected chi connectivity index (χ1v) is 8.99. The Hall–Kier alpha value is -1.14. The van der Waals surface area contributed by atoms with Crippen molar-refractivity contribution < 1.29 is 8.42 Å². The maximum atomic E-state index is 11.6. The second-order valence-electron chi connectivity index (χ2n) is 5.09. The van der Waals surface area contributed by atoms with Gasteiger partial charge in [-0.15, -0.1) is 0 Å². The van der Waals surface area contributed by atoms with Crippen molar-refractivity contribution in [2.75, 3.05) is 23.4 Å². The van der Waals surface area contributed by atoms with Gasteiger partial charge in [0.1, 0.15) is 0 Å². The SMILES string of the molecule is CCN(C(=S)Nc1ccccc1C)[C@@H]1CCS(=O)(=O)C1. The lowest BCUT2D eigenvalue weighted by Crippen LogP contribution is -2.43. The van der Waals surface area contributed by atoms with Crippen LogP contribution in [0.2, 0.25) is 0 Å². The Morgan fingerprint density at radius 3 is 2.70 bits per heavy atom. The topological polar surface area (TPSA) is 49.4 Å². The largest absolute Gasteiger partial charge is 0.345 e. The van der Waals surface area contributed by atoms with E-state index in [0.717, 1.165) is 11.3 Å². The lowest BCUT2D eigenvalue weighted by Gasteiger charge is -2.30. The molecule has 0 spiro atoms. The van der Waals surface area contributed by atoms with Crippen molar-refractivity contribution in [1.82, 2.24) is 4.90 Å². The van der Waals surface area contributed by atoms with E-state index in [2.05, 4.69) is 5.32 Å². The highest BCUT2D eigenvalue weighted by atomic mass is 32.2. The number of rotatable bonds is 3. The minimum Gasteiger partial charge on any atom is -0.345 e. The van der Waals surface area contributed by atoms with Gasteiger partial charge < -0.3 is 10.2 Å². The summed E-state index contributed by atoms with van der Waals surface area (Å²) in [6.45, 7) is 4.72. The van der Waals surface area contributed by atoms with Crippen LogP contribution in [-0.2, 0) is 9.84 Å². The molecule has 1 N–H and O–H groups in total. The van der Waals surface area contributed by atoms with Crippen molar-refractivity contribution in [2.45, 2.75) is 26.3 Å². The van der Waals surface area contributed by atoms with Crippen molar-refractivity contribution in [3.8, 4) is 0 Å². The molecule has 0 aliphatic carbocycles. The van der Waals surface area contributed by atoms with Gasteiger partial charge in [0.15, 0.2) is 14.9 Å². The number of hydrogen-bond acceptors (Lipinski definition) is 3. The minimum atomic E-state index is -2.89. The molecule has 1 saturated heterocycles. The summed E-state index contributed by atoms with van der Waals surface area (Å²) in [5.74, 6) is 0.470. The molecule has 20 heavy (non-hydrogen) atoms. The molecular formula is C14H20N2O2S2. The predicted molar refractivity (Wildman–Crippen MR) is 86.8 cm³/mol. The number of nitrogens with zero attached hydrogens (tertiary/aromatic N) is 1. The van der Waals surface area contributed by atoms with Crippen LogP contribution in [0, 0.1) is 6.92 Å². The fraction of sp³-hybridized carbons (Fsp3) is 0.500. The second-order valence-corrected chi connectivity index (χ2v) is 7.70. The molecule has 0 bridgehead atoms. The number of para-hydroxylation sites is 1. The third-order valence-electron chi connectivity index (χ3n) is 3.64. The van der Waals surface area contributed by atoms with E-state index in [9.17, 15) is 8.42 Å². The fourth-order valence-electron chi connectivity index (χ4n) is 2.49. The van der Waals surface area contributed by atoms with E-state index in [1.807, 2.05) is 43.0 Å². The Balaban J connectivity index is 2.09. The number of thiocarbonyl (C=S) groups is 1. The Labute approximate surface area is 126 Å². The van der Waals surface area contributed by atoms with Crippen molar-refractivity contribution in [1.29, 1.82) is 0 Å². The number of nitrogens with one attached hydrogen (secondary N) is 1. The van der Waals surface area contributed by atoms with Crippen molar-refractivity contribution in [3.05, 3.63) is 29.8 Å². The van der Waals surface area contributed by atoms with Gasteiger partial charge in [-0.3, -0.25) is 0 Å². The van der Waals surface area contributed by atoms with Gasteiger partial charge in [0.05, 0.1) is 11.5 Å². The quantitative estimate of drug-likeness (QED) is 0.867. The molecule has 1 heterocycles. The maximum absolute atomic E-state index is 11.6. The first-order valence-electron chi connectivity index (χ1n) is 6.76. The van der Waals surface area contributed by atoms with Crippen molar-refractivity contribution >= 4 is 32.9 Å².